The molecule has 0 aliphatic heterocycles. The minimum absolute atomic E-state index is 0.137. The van der Waals surface area contributed by atoms with Gasteiger partial charge in [-0.25, -0.2) is 0 Å². The Kier molecular flexibility index (Phi) is 3.23. The second-order valence-electron chi connectivity index (χ2n) is 3.91. The van der Waals surface area contributed by atoms with E-state index in [0.717, 1.165) is 12.1 Å². The van der Waals surface area contributed by atoms with Crippen LogP contribution in [0.25, 0.3) is 0 Å². The zero-order valence-electron chi connectivity index (χ0n) is 9.97. The Morgan fingerprint density at radius 1 is 1.35 bits per heavy atom. The van der Waals surface area contributed by atoms with Crippen LogP contribution in [0, 0.1) is 0 Å². The topological polar surface area (TPSA) is 46.9 Å². The highest BCUT2D eigenvalue weighted by Gasteiger charge is 2.07. The molecule has 1 aromatic carbocycles. The minimum Gasteiger partial charge on any atom is -0.322 e. The molecule has 0 saturated heterocycles. The number of carbonyl (C=O) groups excluding carboxylic acids is 1. The Morgan fingerprint density at radius 3 is 2.59 bits per heavy atom. The molecule has 0 atom stereocenters. The van der Waals surface area contributed by atoms with E-state index >= 15 is 0 Å². The SMILES string of the molecule is CCc1ccc(NC(=O)c2cnn(C)c2)cc1. The number of aromatic nitrogens is 2. The molecule has 2 rings (SSSR count). The molecule has 0 unspecified atom stereocenters. The van der Waals surface area contributed by atoms with Gasteiger partial charge in [-0.1, -0.05) is 19.1 Å². The lowest BCUT2D eigenvalue weighted by Crippen LogP contribution is -2.10. The van der Waals surface area contributed by atoms with E-state index in [-0.39, 0.29) is 5.91 Å². The van der Waals surface area contributed by atoms with Crippen molar-refractivity contribution in [1.29, 1.82) is 0 Å². The number of amides is 1. The van der Waals surface area contributed by atoms with Crippen LogP contribution in [0.4, 0.5) is 5.69 Å². The van der Waals surface area contributed by atoms with Crippen LogP contribution in [0.15, 0.2) is 36.7 Å². The van der Waals surface area contributed by atoms with Gasteiger partial charge in [-0.15, -0.1) is 0 Å². The van der Waals surface area contributed by atoms with Crippen LogP contribution in [0.2, 0.25) is 0 Å². The largest absolute Gasteiger partial charge is 0.322 e. The average Bonchev–Trinajstić information content (AvgIpc) is 2.77. The highest BCUT2D eigenvalue weighted by molar-refractivity contribution is 6.03. The van der Waals surface area contributed by atoms with Crippen LogP contribution < -0.4 is 5.32 Å². The van der Waals surface area contributed by atoms with Crippen LogP contribution in [0.1, 0.15) is 22.8 Å². The molecular weight excluding hydrogens is 214 g/mol. The molecule has 88 valence electrons. The van der Waals surface area contributed by atoms with E-state index < -0.39 is 0 Å². The Hall–Kier alpha value is -2.10. The third-order valence-electron chi connectivity index (χ3n) is 2.59. The molecule has 1 N–H and O–H groups in total. The van der Waals surface area contributed by atoms with Gasteiger partial charge in [0.05, 0.1) is 11.8 Å². The molecule has 0 spiro atoms. The average molecular weight is 229 g/mol. The van der Waals surface area contributed by atoms with Crippen LogP contribution >= 0.6 is 0 Å². The van der Waals surface area contributed by atoms with Crippen molar-refractivity contribution in [3.63, 3.8) is 0 Å². The Bertz CT molecular complexity index is 514. The highest BCUT2D eigenvalue weighted by Crippen LogP contribution is 2.11. The Balaban J connectivity index is 2.07. The van der Waals surface area contributed by atoms with Gasteiger partial charge in [-0.05, 0) is 24.1 Å². The summed E-state index contributed by atoms with van der Waals surface area (Å²) in [5, 5.41) is 6.79. The van der Waals surface area contributed by atoms with E-state index in [1.807, 2.05) is 24.3 Å². The van der Waals surface area contributed by atoms with Crippen LogP contribution in [-0.2, 0) is 13.5 Å². The Morgan fingerprint density at radius 2 is 2.06 bits per heavy atom. The van der Waals surface area contributed by atoms with Gasteiger partial charge in [0, 0.05) is 18.9 Å². The van der Waals surface area contributed by atoms with E-state index in [1.165, 1.54) is 5.56 Å². The fourth-order valence-electron chi connectivity index (χ4n) is 1.57. The second-order valence-corrected chi connectivity index (χ2v) is 3.91. The standard InChI is InChI=1S/C13H15N3O/c1-3-10-4-6-12(7-5-10)15-13(17)11-8-14-16(2)9-11/h4-9H,3H2,1-2H3,(H,15,17). The van der Waals surface area contributed by atoms with Crippen molar-refractivity contribution in [1.82, 2.24) is 9.78 Å². The zero-order chi connectivity index (χ0) is 12.3. The number of hydrogen-bond acceptors (Lipinski definition) is 2. The predicted molar refractivity (Wildman–Crippen MR) is 67.0 cm³/mol. The fourth-order valence-corrected chi connectivity index (χ4v) is 1.57. The van der Waals surface area contributed by atoms with Crippen LogP contribution in [0.5, 0.6) is 0 Å². The Labute approximate surface area is 100 Å². The first kappa shape index (κ1) is 11.4. The third kappa shape index (κ3) is 2.72. The molecular formula is C13H15N3O. The lowest BCUT2D eigenvalue weighted by Gasteiger charge is -2.04. The van der Waals surface area contributed by atoms with Gasteiger partial charge in [-0.2, -0.15) is 5.10 Å². The maximum Gasteiger partial charge on any atom is 0.258 e. The predicted octanol–water partition coefficient (Wildman–Crippen LogP) is 2.23. The van der Waals surface area contributed by atoms with Crippen molar-refractivity contribution < 1.29 is 4.79 Å². The van der Waals surface area contributed by atoms with E-state index in [9.17, 15) is 4.79 Å². The smallest absolute Gasteiger partial charge is 0.258 e. The lowest BCUT2D eigenvalue weighted by atomic mass is 10.1. The van der Waals surface area contributed by atoms with E-state index in [4.69, 9.17) is 0 Å². The molecule has 0 fully saturated rings. The summed E-state index contributed by atoms with van der Waals surface area (Å²) >= 11 is 0. The number of carbonyl (C=O) groups is 1. The summed E-state index contributed by atoms with van der Waals surface area (Å²) in [5.41, 5.74) is 2.62. The van der Waals surface area contributed by atoms with Crippen molar-refractivity contribution in [2.45, 2.75) is 13.3 Å². The number of nitrogens with one attached hydrogen (secondary N) is 1. The van der Waals surface area contributed by atoms with Crippen LogP contribution in [0.3, 0.4) is 0 Å². The maximum absolute atomic E-state index is 11.8. The third-order valence-corrected chi connectivity index (χ3v) is 2.59. The number of benzene rings is 1. The molecule has 4 nitrogen and oxygen atoms in total. The first-order chi connectivity index (χ1) is 8.19. The molecule has 4 heteroatoms. The van der Waals surface area contributed by atoms with Crippen molar-refractivity contribution in [2.75, 3.05) is 5.32 Å². The first-order valence-corrected chi connectivity index (χ1v) is 5.58. The van der Waals surface area contributed by atoms with Gasteiger partial charge in [0.25, 0.3) is 5.91 Å². The van der Waals surface area contributed by atoms with Gasteiger partial charge >= 0.3 is 0 Å². The summed E-state index contributed by atoms with van der Waals surface area (Å²) in [5.74, 6) is -0.137. The monoisotopic (exact) mass is 229 g/mol. The van der Waals surface area contributed by atoms with E-state index in [2.05, 4.69) is 17.3 Å². The number of anilines is 1. The van der Waals surface area contributed by atoms with Crippen molar-refractivity contribution >= 4 is 11.6 Å². The molecule has 2 aromatic rings. The summed E-state index contributed by atoms with van der Waals surface area (Å²) < 4.78 is 1.61. The first-order valence-electron chi connectivity index (χ1n) is 5.58. The molecule has 0 aliphatic rings. The molecule has 0 aliphatic carbocycles. The van der Waals surface area contributed by atoms with E-state index in [0.29, 0.717) is 5.56 Å². The molecule has 1 amide bonds. The summed E-state index contributed by atoms with van der Waals surface area (Å²) in [6, 6.07) is 7.85. The van der Waals surface area contributed by atoms with Crippen molar-refractivity contribution in [3.8, 4) is 0 Å². The molecule has 0 radical (unpaired) electrons. The van der Waals surface area contributed by atoms with Crippen LogP contribution in [-0.4, -0.2) is 15.7 Å². The van der Waals surface area contributed by atoms with Crippen molar-refractivity contribution in [3.05, 3.63) is 47.8 Å². The second kappa shape index (κ2) is 4.82. The molecule has 0 bridgehead atoms. The maximum atomic E-state index is 11.8. The molecule has 1 aromatic heterocycles. The van der Waals surface area contributed by atoms with Gasteiger partial charge in [0.15, 0.2) is 0 Å². The summed E-state index contributed by atoms with van der Waals surface area (Å²) in [6.45, 7) is 2.10. The number of hydrogen-bond donors (Lipinski definition) is 1. The zero-order valence-corrected chi connectivity index (χ0v) is 9.97. The van der Waals surface area contributed by atoms with Gasteiger partial charge in [-0.3, -0.25) is 9.48 Å². The highest BCUT2D eigenvalue weighted by atomic mass is 16.1. The number of aryl methyl sites for hydroxylation is 2. The summed E-state index contributed by atoms with van der Waals surface area (Å²) in [4.78, 5) is 11.8. The van der Waals surface area contributed by atoms with Gasteiger partial charge in [0.2, 0.25) is 0 Å². The molecule has 1 heterocycles. The minimum atomic E-state index is -0.137. The summed E-state index contributed by atoms with van der Waals surface area (Å²) in [7, 11) is 1.78. The summed E-state index contributed by atoms with van der Waals surface area (Å²) in [6.07, 6.45) is 4.24. The van der Waals surface area contributed by atoms with E-state index in [1.54, 1.807) is 24.1 Å². The van der Waals surface area contributed by atoms with Crippen molar-refractivity contribution in [2.24, 2.45) is 7.05 Å². The quantitative estimate of drug-likeness (QED) is 0.877. The lowest BCUT2D eigenvalue weighted by molar-refractivity contribution is 0.102. The van der Waals surface area contributed by atoms with Gasteiger partial charge < -0.3 is 5.32 Å². The molecule has 0 saturated carbocycles. The normalized spacial score (nSPS) is 10.2. The molecule has 17 heavy (non-hydrogen) atoms. The number of rotatable bonds is 3. The number of nitrogens with zero attached hydrogens (tertiary/aromatic N) is 2. The van der Waals surface area contributed by atoms with Gasteiger partial charge in [0.1, 0.15) is 0 Å². The fraction of sp³-hybridized carbons (Fsp3) is 0.231.